The number of hydrogen-bond acceptors (Lipinski definition) is 1. The molecular formula is C19H13F17O. The lowest BCUT2D eigenvalue weighted by Crippen LogP contribution is -2.75. The van der Waals surface area contributed by atoms with Gasteiger partial charge < -0.3 is 4.74 Å². The molecule has 0 aliphatic heterocycles. The number of benzene rings is 1. The molecule has 0 bridgehead atoms. The molecule has 0 aliphatic rings. The van der Waals surface area contributed by atoms with Gasteiger partial charge in [-0.3, -0.25) is 0 Å². The van der Waals surface area contributed by atoms with Crippen LogP contribution >= 0.6 is 0 Å². The molecule has 0 radical (unpaired) electrons. The maximum Gasteiger partial charge on any atom is 0.426 e. The van der Waals surface area contributed by atoms with Crippen molar-refractivity contribution in [3.8, 4) is 0 Å². The van der Waals surface area contributed by atoms with Crippen LogP contribution in [0.3, 0.4) is 0 Å². The molecule has 1 aromatic carbocycles. The Balaban J connectivity index is 3.47. The molecule has 0 saturated heterocycles. The Morgan fingerprint density at radius 3 is 1.38 bits per heavy atom. The van der Waals surface area contributed by atoms with E-state index < -0.39 is 72.8 Å². The summed E-state index contributed by atoms with van der Waals surface area (Å²) in [5.41, 5.74) is -0.875. The first-order valence-electron chi connectivity index (χ1n) is 9.22. The molecule has 1 aromatic rings. The summed E-state index contributed by atoms with van der Waals surface area (Å²) in [6.07, 6.45) is -11.4. The van der Waals surface area contributed by atoms with E-state index in [-0.39, 0.29) is 5.56 Å². The number of rotatable bonds is 12. The third kappa shape index (κ3) is 4.73. The maximum atomic E-state index is 13.8. The van der Waals surface area contributed by atoms with Crippen molar-refractivity contribution in [2.24, 2.45) is 0 Å². The van der Waals surface area contributed by atoms with E-state index in [9.17, 15) is 74.6 Å². The smallest absolute Gasteiger partial charge is 0.311 e. The van der Waals surface area contributed by atoms with Crippen LogP contribution in [0.1, 0.15) is 12.5 Å². The van der Waals surface area contributed by atoms with Crippen LogP contribution in [0.2, 0.25) is 0 Å². The van der Waals surface area contributed by atoms with Crippen LogP contribution in [-0.4, -0.2) is 60.3 Å². The van der Waals surface area contributed by atoms with Gasteiger partial charge in [-0.15, -0.1) is 0 Å². The van der Waals surface area contributed by atoms with Gasteiger partial charge in [-0.25, -0.2) is 4.39 Å². The molecule has 18 heteroatoms. The molecule has 0 amide bonds. The molecule has 1 nitrogen and oxygen atoms in total. The van der Waals surface area contributed by atoms with Crippen molar-refractivity contribution in [2.45, 2.75) is 60.7 Å². The Morgan fingerprint density at radius 2 is 1.00 bits per heavy atom. The molecule has 1 rings (SSSR count). The predicted molar refractivity (Wildman–Crippen MR) is 91.6 cm³/mol. The summed E-state index contributed by atoms with van der Waals surface area (Å²) in [7, 11) is 0. The van der Waals surface area contributed by atoms with Crippen LogP contribution < -0.4 is 0 Å². The van der Waals surface area contributed by atoms with E-state index in [0.29, 0.717) is 0 Å². The summed E-state index contributed by atoms with van der Waals surface area (Å²) in [6, 6.07) is 5.91. The van der Waals surface area contributed by atoms with E-state index in [0.717, 1.165) is 12.1 Å². The van der Waals surface area contributed by atoms with Gasteiger partial charge in [0.2, 0.25) is 0 Å². The molecule has 0 N–H and O–H groups in total. The Kier molecular flexibility index (Phi) is 8.40. The fourth-order valence-electron chi connectivity index (χ4n) is 2.46. The maximum absolute atomic E-state index is 13.8. The van der Waals surface area contributed by atoms with Crippen LogP contribution in [0.4, 0.5) is 74.6 Å². The zero-order chi connectivity index (χ0) is 29.7. The first-order valence-corrected chi connectivity index (χ1v) is 9.22. The zero-order valence-electron chi connectivity index (χ0n) is 17.7. The van der Waals surface area contributed by atoms with Crippen molar-refractivity contribution < 1.29 is 79.4 Å². The van der Waals surface area contributed by atoms with Crippen molar-refractivity contribution in [3.63, 3.8) is 0 Å². The van der Waals surface area contributed by atoms with E-state index >= 15 is 0 Å². The molecule has 0 fully saturated rings. The highest BCUT2D eigenvalue weighted by atomic mass is 19.4. The van der Waals surface area contributed by atoms with Gasteiger partial charge in [0.05, 0.1) is 6.61 Å². The minimum atomic E-state index is -8.61. The summed E-state index contributed by atoms with van der Waals surface area (Å²) < 4.78 is 233. The monoisotopic (exact) mass is 580 g/mol. The molecule has 37 heavy (non-hydrogen) atoms. The molecule has 0 aromatic heterocycles. The fraction of sp³-hybridized carbons (Fsp3) is 0.579. The van der Waals surface area contributed by atoms with Gasteiger partial charge in [0, 0.05) is 0 Å². The topological polar surface area (TPSA) is 9.23 Å². The minimum Gasteiger partial charge on any atom is -0.311 e. The molecular weight excluding hydrogens is 567 g/mol. The van der Waals surface area contributed by atoms with E-state index in [1.165, 1.54) is 18.2 Å². The summed E-state index contributed by atoms with van der Waals surface area (Å²) in [6.45, 7) is 0.490. The molecule has 0 heterocycles. The van der Waals surface area contributed by atoms with Gasteiger partial charge in [-0.05, 0) is 18.1 Å². The van der Waals surface area contributed by atoms with Crippen LogP contribution in [0.5, 0.6) is 0 Å². The molecule has 1 atom stereocenters. The lowest BCUT2D eigenvalue weighted by atomic mass is 9.88. The van der Waals surface area contributed by atoms with Crippen molar-refractivity contribution in [3.05, 3.63) is 42.5 Å². The molecule has 0 aliphatic carbocycles. The number of hydrogen-bond donors (Lipinski definition) is 0. The third-order valence-electron chi connectivity index (χ3n) is 4.87. The number of ether oxygens (including phenoxy) is 1. The van der Waals surface area contributed by atoms with E-state index in [2.05, 4.69) is 11.3 Å². The average molecular weight is 580 g/mol. The SMILES string of the molecule is C=C(COC(F)(F)C(F)(F)C(F)(F)C(F)(F)C(F)(F)C(F)(F)C(F)(F)C(F)(F)C(C)F)c1ccccc1. The second kappa shape index (κ2) is 9.48. The van der Waals surface area contributed by atoms with Crippen molar-refractivity contribution in [2.75, 3.05) is 6.61 Å². The first kappa shape index (κ1) is 32.8. The molecule has 0 saturated carbocycles. The van der Waals surface area contributed by atoms with Crippen LogP contribution in [0.25, 0.3) is 5.57 Å². The van der Waals surface area contributed by atoms with E-state index in [1.54, 1.807) is 0 Å². The van der Waals surface area contributed by atoms with Crippen LogP contribution in [-0.2, 0) is 4.74 Å². The fourth-order valence-corrected chi connectivity index (χ4v) is 2.46. The van der Waals surface area contributed by atoms with Crippen LogP contribution in [0, 0.1) is 0 Å². The van der Waals surface area contributed by atoms with Crippen molar-refractivity contribution in [1.82, 2.24) is 0 Å². The first-order chi connectivity index (χ1) is 16.2. The predicted octanol–water partition coefficient (Wildman–Crippen LogP) is 8.11. The number of alkyl halides is 17. The Labute approximate surface area is 195 Å². The highest BCUT2D eigenvalue weighted by Crippen LogP contribution is 2.64. The molecule has 0 spiro atoms. The zero-order valence-corrected chi connectivity index (χ0v) is 17.7. The Morgan fingerprint density at radius 1 is 0.649 bits per heavy atom. The standard InChI is InChI=1S/C19H13F17O/c1-9(11-6-4-3-5-7-11)8-37-19(35,36)18(33,34)17(31,32)16(29,30)15(27,28)14(25,26)13(23,24)12(21,22)10(2)20/h3-7,10H,1,8H2,2H3. The Hall–Kier alpha value is -2.27. The van der Waals surface area contributed by atoms with Gasteiger partial charge in [-0.1, -0.05) is 36.9 Å². The lowest BCUT2D eigenvalue weighted by molar-refractivity contribution is -0.473. The van der Waals surface area contributed by atoms with E-state index in [4.69, 9.17) is 0 Å². The van der Waals surface area contributed by atoms with Gasteiger partial charge in [0.25, 0.3) is 0 Å². The number of halogens is 17. The van der Waals surface area contributed by atoms with Crippen LogP contribution in [0.15, 0.2) is 36.9 Å². The summed E-state index contributed by atoms with van der Waals surface area (Å²) in [5, 5.41) is 0. The normalized spacial score (nSPS) is 16.1. The van der Waals surface area contributed by atoms with Gasteiger partial charge >= 0.3 is 47.6 Å². The van der Waals surface area contributed by atoms with Gasteiger partial charge in [-0.2, -0.15) is 70.2 Å². The van der Waals surface area contributed by atoms with Crippen molar-refractivity contribution in [1.29, 1.82) is 0 Å². The summed E-state index contributed by atoms with van der Waals surface area (Å²) in [5.74, 6) is -56.8. The Bertz CT molecular complexity index is 953. The van der Waals surface area contributed by atoms with Gasteiger partial charge in [0.1, 0.15) is 0 Å². The largest absolute Gasteiger partial charge is 0.426 e. The average Bonchev–Trinajstić information content (AvgIpc) is 2.76. The molecule has 214 valence electrons. The highest BCUT2D eigenvalue weighted by molar-refractivity contribution is 5.63. The second-order valence-corrected chi connectivity index (χ2v) is 7.46. The lowest BCUT2D eigenvalue weighted by Gasteiger charge is -2.43. The minimum absolute atomic E-state index is 0.171. The summed E-state index contributed by atoms with van der Waals surface area (Å²) in [4.78, 5) is 0. The quantitative estimate of drug-likeness (QED) is 0.227. The molecule has 1 unspecified atom stereocenters. The van der Waals surface area contributed by atoms with Crippen molar-refractivity contribution >= 4 is 5.57 Å². The van der Waals surface area contributed by atoms with E-state index in [1.807, 2.05) is 0 Å². The third-order valence-corrected chi connectivity index (χ3v) is 4.87. The summed E-state index contributed by atoms with van der Waals surface area (Å²) >= 11 is 0. The van der Waals surface area contributed by atoms with Gasteiger partial charge in [0.15, 0.2) is 6.17 Å². The highest BCUT2D eigenvalue weighted by Gasteiger charge is 2.95. The second-order valence-electron chi connectivity index (χ2n) is 7.46.